The topological polar surface area (TPSA) is 78.4 Å². The van der Waals surface area contributed by atoms with Crippen molar-refractivity contribution in [3.63, 3.8) is 0 Å². The van der Waals surface area contributed by atoms with E-state index >= 15 is 0 Å². The van der Waals surface area contributed by atoms with Crippen molar-refractivity contribution in [2.75, 3.05) is 6.61 Å². The van der Waals surface area contributed by atoms with Gasteiger partial charge in [-0.1, -0.05) is 13.8 Å². The highest BCUT2D eigenvalue weighted by atomic mass is 16.6. The van der Waals surface area contributed by atoms with Gasteiger partial charge in [0.1, 0.15) is 6.10 Å². The second kappa shape index (κ2) is 6.87. The Balaban J connectivity index is 1.55. The van der Waals surface area contributed by atoms with Crippen LogP contribution in [0.15, 0.2) is 43.2 Å². The first-order valence-corrected chi connectivity index (χ1v) is 9.78. The van der Waals surface area contributed by atoms with Crippen molar-refractivity contribution in [2.45, 2.75) is 45.4 Å². The van der Waals surface area contributed by atoms with Gasteiger partial charge in [-0.25, -0.2) is 9.50 Å². The van der Waals surface area contributed by atoms with Crippen LogP contribution >= 0.6 is 0 Å². The largest absolute Gasteiger partial charge is 0.371 e. The first-order valence-electron chi connectivity index (χ1n) is 9.78. The second-order valence-electron chi connectivity index (χ2n) is 7.22. The lowest BCUT2D eigenvalue weighted by atomic mass is 10.1. The molecule has 1 saturated heterocycles. The third kappa shape index (κ3) is 3.09. The minimum atomic E-state index is 0.292. The van der Waals surface area contributed by atoms with Crippen LogP contribution in [0.5, 0.6) is 0 Å². The van der Waals surface area contributed by atoms with Gasteiger partial charge in [0.05, 0.1) is 60.9 Å². The van der Waals surface area contributed by atoms with Crippen molar-refractivity contribution in [1.29, 1.82) is 0 Å². The number of aromatic nitrogens is 7. The van der Waals surface area contributed by atoms with Crippen molar-refractivity contribution in [3.8, 4) is 22.5 Å². The molecule has 0 aliphatic carbocycles. The fourth-order valence-electron chi connectivity index (χ4n) is 3.58. The summed E-state index contributed by atoms with van der Waals surface area (Å²) in [5.74, 6) is 0. The van der Waals surface area contributed by atoms with Gasteiger partial charge >= 0.3 is 0 Å². The third-order valence-electron chi connectivity index (χ3n) is 5.30. The molecule has 1 atom stereocenters. The van der Waals surface area contributed by atoms with E-state index in [0.29, 0.717) is 12.1 Å². The second-order valence-corrected chi connectivity index (χ2v) is 7.22. The number of rotatable bonds is 7. The van der Waals surface area contributed by atoms with Crippen molar-refractivity contribution in [3.05, 3.63) is 43.2 Å². The standard InChI is InChI=1S/C20H23N7O/c1-3-16(4-2)26-10-15(8-23-26)20-19-5-6-21-27(19)12-18(24-20)14-7-22-25(9-14)11-17-13-28-17/h5-10,12,16-17H,3-4,11,13H2,1-2H3/t17-/m0/s1. The maximum atomic E-state index is 5.29. The molecule has 8 heteroatoms. The van der Waals surface area contributed by atoms with E-state index in [0.717, 1.165) is 54.0 Å². The maximum Gasteiger partial charge on any atom is 0.100 e. The van der Waals surface area contributed by atoms with E-state index in [4.69, 9.17) is 9.72 Å². The first kappa shape index (κ1) is 17.1. The van der Waals surface area contributed by atoms with Gasteiger partial charge in [-0.15, -0.1) is 0 Å². The number of fused-ring (bicyclic) bond motifs is 1. The first-order chi connectivity index (χ1) is 13.7. The van der Waals surface area contributed by atoms with Crippen LogP contribution in [0.1, 0.15) is 32.7 Å². The predicted octanol–water partition coefficient (Wildman–Crippen LogP) is 3.22. The molecule has 5 heterocycles. The average Bonchev–Trinajstić information content (AvgIpc) is 3.11. The van der Waals surface area contributed by atoms with Gasteiger partial charge in [-0.2, -0.15) is 15.3 Å². The van der Waals surface area contributed by atoms with E-state index in [1.54, 1.807) is 6.20 Å². The molecule has 4 aromatic heterocycles. The molecule has 0 amide bonds. The molecule has 8 nitrogen and oxygen atoms in total. The fraction of sp³-hybridized carbons (Fsp3) is 0.400. The molecule has 0 N–H and O–H groups in total. The molecule has 0 saturated carbocycles. The molecule has 0 spiro atoms. The predicted molar refractivity (Wildman–Crippen MR) is 105 cm³/mol. The molecule has 0 bridgehead atoms. The number of nitrogens with zero attached hydrogens (tertiary/aromatic N) is 7. The maximum absolute atomic E-state index is 5.29. The average molecular weight is 377 g/mol. The Morgan fingerprint density at radius 1 is 1.07 bits per heavy atom. The van der Waals surface area contributed by atoms with Crippen molar-refractivity contribution < 1.29 is 4.74 Å². The zero-order valence-electron chi connectivity index (χ0n) is 16.1. The Labute approximate surface area is 162 Å². The van der Waals surface area contributed by atoms with Crippen LogP contribution in [-0.4, -0.2) is 46.9 Å². The molecule has 1 aliphatic heterocycles. The Kier molecular flexibility index (Phi) is 4.20. The molecule has 5 rings (SSSR count). The summed E-state index contributed by atoms with van der Waals surface area (Å²) >= 11 is 0. The van der Waals surface area contributed by atoms with E-state index in [2.05, 4.69) is 35.3 Å². The molecule has 0 aromatic carbocycles. The SMILES string of the molecule is CCC(CC)n1cc(-c2nc(-c3cnn(C[C@H]4CO4)c3)cn3nccc23)cn1. The number of ether oxygens (including phenoxy) is 1. The minimum absolute atomic E-state index is 0.292. The van der Waals surface area contributed by atoms with Gasteiger partial charge in [0.2, 0.25) is 0 Å². The van der Waals surface area contributed by atoms with E-state index in [9.17, 15) is 0 Å². The summed E-state index contributed by atoms with van der Waals surface area (Å²) in [5, 5.41) is 13.5. The van der Waals surface area contributed by atoms with E-state index in [1.165, 1.54) is 0 Å². The van der Waals surface area contributed by atoms with Crippen LogP contribution in [-0.2, 0) is 11.3 Å². The summed E-state index contributed by atoms with van der Waals surface area (Å²) < 4.78 is 11.1. The molecule has 1 fully saturated rings. The third-order valence-corrected chi connectivity index (χ3v) is 5.30. The number of epoxide rings is 1. The Morgan fingerprint density at radius 2 is 1.89 bits per heavy atom. The zero-order valence-corrected chi connectivity index (χ0v) is 16.1. The molecular formula is C20H23N7O. The van der Waals surface area contributed by atoms with Crippen LogP contribution in [0, 0.1) is 0 Å². The van der Waals surface area contributed by atoms with Crippen molar-refractivity contribution in [1.82, 2.24) is 34.2 Å². The molecule has 4 aromatic rings. The van der Waals surface area contributed by atoms with Crippen LogP contribution in [0.3, 0.4) is 0 Å². The van der Waals surface area contributed by atoms with Gasteiger partial charge in [0, 0.05) is 23.5 Å². The van der Waals surface area contributed by atoms with Gasteiger partial charge in [0.15, 0.2) is 0 Å². The van der Waals surface area contributed by atoms with Gasteiger partial charge in [-0.3, -0.25) is 9.36 Å². The van der Waals surface area contributed by atoms with Crippen molar-refractivity contribution >= 4 is 5.52 Å². The van der Waals surface area contributed by atoms with Crippen LogP contribution < -0.4 is 0 Å². The minimum Gasteiger partial charge on any atom is -0.371 e. The van der Waals surface area contributed by atoms with E-state index in [1.807, 2.05) is 44.7 Å². The fourth-order valence-corrected chi connectivity index (χ4v) is 3.58. The zero-order chi connectivity index (χ0) is 19.1. The summed E-state index contributed by atoms with van der Waals surface area (Å²) in [5.41, 5.74) is 4.64. The molecule has 0 unspecified atom stereocenters. The van der Waals surface area contributed by atoms with Gasteiger partial charge in [-0.05, 0) is 18.9 Å². The summed E-state index contributed by atoms with van der Waals surface area (Å²) in [7, 11) is 0. The van der Waals surface area contributed by atoms with E-state index in [-0.39, 0.29) is 0 Å². The number of hydrogen-bond donors (Lipinski definition) is 0. The van der Waals surface area contributed by atoms with Crippen LogP contribution in [0.25, 0.3) is 28.0 Å². The summed E-state index contributed by atoms with van der Waals surface area (Å²) in [6.45, 7) is 5.97. The molecule has 28 heavy (non-hydrogen) atoms. The lowest BCUT2D eigenvalue weighted by Crippen LogP contribution is -2.06. The molecular weight excluding hydrogens is 354 g/mol. The van der Waals surface area contributed by atoms with Gasteiger partial charge in [0.25, 0.3) is 0 Å². The van der Waals surface area contributed by atoms with Crippen LogP contribution in [0.4, 0.5) is 0 Å². The Bertz CT molecular complexity index is 1100. The molecule has 1 aliphatic rings. The highest BCUT2D eigenvalue weighted by Crippen LogP contribution is 2.28. The summed E-state index contributed by atoms with van der Waals surface area (Å²) in [6, 6.07) is 2.38. The van der Waals surface area contributed by atoms with Gasteiger partial charge < -0.3 is 4.74 Å². The summed E-state index contributed by atoms with van der Waals surface area (Å²) in [4.78, 5) is 4.95. The Hall–Kier alpha value is -3.00. The molecule has 144 valence electrons. The number of hydrogen-bond acceptors (Lipinski definition) is 5. The smallest absolute Gasteiger partial charge is 0.100 e. The summed E-state index contributed by atoms with van der Waals surface area (Å²) in [6.07, 6.45) is 14.0. The monoisotopic (exact) mass is 377 g/mol. The molecule has 0 radical (unpaired) electrons. The Morgan fingerprint density at radius 3 is 2.68 bits per heavy atom. The van der Waals surface area contributed by atoms with Crippen molar-refractivity contribution in [2.24, 2.45) is 0 Å². The van der Waals surface area contributed by atoms with Crippen LogP contribution in [0.2, 0.25) is 0 Å². The highest BCUT2D eigenvalue weighted by Gasteiger charge is 2.23. The lowest BCUT2D eigenvalue weighted by molar-refractivity contribution is 0.373. The normalized spacial score (nSPS) is 16.3. The quantitative estimate of drug-likeness (QED) is 0.462. The van der Waals surface area contributed by atoms with E-state index < -0.39 is 0 Å². The highest BCUT2D eigenvalue weighted by molar-refractivity contribution is 5.78. The lowest BCUT2D eigenvalue weighted by Gasteiger charge is -2.12.